The Bertz CT molecular complexity index is 427. The summed E-state index contributed by atoms with van der Waals surface area (Å²) in [5, 5.41) is 0. The zero-order valence-corrected chi connectivity index (χ0v) is 8.28. The summed E-state index contributed by atoms with van der Waals surface area (Å²) < 4.78 is 2.10. The highest BCUT2D eigenvalue weighted by Crippen LogP contribution is 2.16. The molecule has 0 saturated heterocycles. The van der Waals surface area contributed by atoms with E-state index in [0.717, 1.165) is 5.65 Å². The zero-order chi connectivity index (χ0) is 9.42. The van der Waals surface area contributed by atoms with Crippen LogP contribution in [-0.2, 0) is 0 Å². The lowest BCUT2D eigenvalue weighted by Gasteiger charge is -2.05. The van der Waals surface area contributed by atoms with Crippen LogP contribution in [-0.4, -0.2) is 9.38 Å². The van der Waals surface area contributed by atoms with E-state index in [4.69, 9.17) is 0 Å². The van der Waals surface area contributed by atoms with Crippen LogP contribution >= 0.6 is 0 Å². The molecule has 0 radical (unpaired) electrons. The number of hydrogen-bond acceptors (Lipinski definition) is 1. The standard InChI is InChI=1S/C11H14N2/c1-8(2)10-4-5-13-9(3)7-12-11(13)6-10/h4-8H,1-3H3. The predicted molar refractivity (Wildman–Crippen MR) is 54.0 cm³/mol. The third kappa shape index (κ3) is 1.32. The molecule has 0 aliphatic rings. The van der Waals surface area contributed by atoms with Crippen LogP contribution in [0.4, 0.5) is 0 Å². The Hall–Kier alpha value is -1.31. The van der Waals surface area contributed by atoms with Crippen LogP contribution in [0.2, 0.25) is 0 Å². The third-order valence-electron chi connectivity index (χ3n) is 2.39. The smallest absolute Gasteiger partial charge is 0.137 e. The molecule has 13 heavy (non-hydrogen) atoms. The predicted octanol–water partition coefficient (Wildman–Crippen LogP) is 2.77. The summed E-state index contributed by atoms with van der Waals surface area (Å²) in [6.07, 6.45) is 3.99. The second-order valence-electron chi connectivity index (χ2n) is 3.74. The Morgan fingerprint density at radius 1 is 1.38 bits per heavy atom. The normalized spacial score (nSPS) is 11.4. The van der Waals surface area contributed by atoms with E-state index in [9.17, 15) is 0 Å². The van der Waals surface area contributed by atoms with Crippen molar-refractivity contribution < 1.29 is 0 Å². The maximum absolute atomic E-state index is 4.32. The summed E-state index contributed by atoms with van der Waals surface area (Å²) >= 11 is 0. The first kappa shape index (κ1) is 8.30. The van der Waals surface area contributed by atoms with Gasteiger partial charge < -0.3 is 4.40 Å². The molecule has 2 heteroatoms. The zero-order valence-electron chi connectivity index (χ0n) is 8.28. The summed E-state index contributed by atoms with van der Waals surface area (Å²) in [4.78, 5) is 4.32. The molecule has 2 heterocycles. The highest BCUT2D eigenvalue weighted by atomic mass is 15.0. The minimum Gasteiger partial charge on any atom is -0.304 e. The summed E-state index contributed by atoms with van der Waals surface area (Å²) in [6.45, 7) is 6.46. The molecule has 2 aromatic heterocycles. The van der Waals surface area contributed by atoms with E-state index in [1.54, 1.807) is 0 Å². The molecule has 0 spiro atoms. The van der Waals surface area contributed by atoms with Crippen molar-refractivity contribution in [1.29, 1.82) is 0 Å². The van der Waals surface area contributed by atoms with Gasteiger partial charge in [0.15, 0.2) is 0 Å². The van der Waals surface area contributed by atoms with Crippen LogP contribution in [0, 0.1) is 6.92 Å². The fourth-order valence-corrected chi connectivity index (χ4v) is 1.48. The van der Waals surface area contributed by atoms with Crippen molar-refractivity contribution in [1.82, 2.24) is 9.38 Å². The molecule has 0 atom stereocenters. The number of pyridine rings is 1. The first-order valence-electron chi connectivity index (χ1n) is 4.62. The second-order valence-corrected chi connectivity index (χ2v) is 3.74. The molecule has 0 N–H and O–H groups in total. The van der Waals surface area contributed by atoms with Gasteiger partial charge in [0.05, 0.1) is 0 Å². The van der Waals surface area contributed by atoms with Crippen LogP contribution < -0.4 is 0 Å². The molecule has 0 amide bonds. The van der Waals surface area contributed by atoms with Crippen molar-refractivity contribution in [2.24, 2.45) is 0 Å². The Kier molecular flexibility index (Phi) is 1.83. The summed E-state index contributed by atoms with van der Waals surface area (Å²) in [7, 11) is 0. The second kappa shape index (κ2) is 2.87. The Balaban J connectivity index is 2.63. The Labute approximate surface area is 78.2 Å². The number of imidazole rings is 1. The number of aryl methyl sites for hydroxylation is 1. The monoisotopic (exact) mass is 174 g/mol. The third-order valence-corrected chi connectivity index (χ3v) is 2.39. The van der Waals surface area contributed by atoms with Crippen molar-refractivity contribution in [3.8, 4) is 0 Å². The van der Waals surface area contributed by atoms with Gasteiger partial charge in [-0.25, -0.2) is 4.98 Å². The fourth-order valence-electron chi connectivity index (χ4n) is 1.48. The molecular weight excluding hydrogens is 160 g/mol. The van der Waals surface area contributed by atoms with Crippen molar-refractivity contribution >= 4 is 5.65 Å². The summed E-state index contributed by atoms with van der Waals surface area (Å²) in [6, 6.07) is 4.31. The Morgan fingerprint density at radius 2 is 2.15 bits per heavy atom. The molecule has 0 bridgehead atoms. The van der Waals surface area contributed by atoms with Gasteiger partial charge in [-0.1, -0.05) is 13.8 Å². The molecule has 0 aliphatic heterocycles. The van der Waals surface area contributed by atoms with E-state index in [-0.39, 0.29) is 0 Å². The van der Waals surface area contributed by atoms with Gasteiger partial charge in [0.1, 0.15) is 5.65 Å². The van der Waals surface area contributed by atoms with Gasteiger partial charge in [0, 0.05) is 18.1 Å². The van der Waals surface area contributed by atoms with Crippen molar-refractivity contribution in [3.05, 3.63) is 35.8 Å². The molecule has 2 rings (SSSR count). The number of nitrogens with zero attached hydrogens (tertiary/aromatic N) is 2. The molecule has 2 nitrogen and oxygen atoms in total. The van der Waals surface area contributed by atoms with Gasteiger partial charge in [-0.2, -0.15) is 0 Å². The van der Waals surface area contributed by atoms with Gasteiger partial charge in [0.2, 0.25) is 0 Å². The van der Waals surface area contributed by atoms with Gasteiger partial charge in [-0.3, -0.25) is 0 Å². The van der Waals surface area contributed by atoms with Crippen LogP contribution in [0.25, 0.3) is 5.65 Å². The largest absolute Gasteiger partial charge is 0.304 e. The number of rotatable bonds is 1. The fraction of sp³-hybridized carbons (Fsp3) is 0.364. The molecule has 0 aromatic carbocycles. The first-order chi connectivity index (χ1) is 6.18. The van der Waals surface area contributed by atoms with Crippen molar-refractivity contribution in [3.63, 3.8) is 0 Å². The highest BCUT2D eigenvalue weighted by molar-refractivity contribution is 5.43. The molecular formula is C11H14N2. The van der Waals surface area contributed by atoms with Gasteiger partial charge in [-0.05, 0) is 30.5 Å². The molecule has 2 aromatic rings. The lowest BCUT2D eigenvalue weighted by Crippen LogP contribution is -1.91. The Morgan fingerprint density at radius 3 is 2.85 bits per heavy atom. The summed E-state index contributed by atoms with van der Waals surface area (Å²) in [5.74, 6) is 0.571. The van der Waals surface area contributed by atoms with Crippen LogP contribution in [0.5, 0.6) is 0 Å². The topological polar surface area (TPSA) is 17.3 Å². The molecule has 0 unspecified atom stereocenters. The van der Waals surface area contributed by atoms with Crippen LogP contribution in [0.3, 0.4) is 0 Å². The highest BCUT2D eigenvalue weighted by Gasteiger charge is 2.02. The average molecular weight is 174 g/mol. The van der Waals surface area contributed by atoms with E-state index in [2.05, 4.69) is 48.5 Å². The van der Waals surface area contributed by atoms with Crippen LogP contribution in [0.1, 0.15) is 31.0 Å². The van der Waals surface area contributed by atoms with E-state index < -0.39 is 0 Å². The number of aromatic nitrogens is 2. The quantitative estimate of drug-likeness (QED) is 0.649. The molecule has 0 saturated carbocycles. The average Bonchev–Trinajstić information content (AvgIpc) is 2.47. The van der Waals surface area contributed by atoms with Crippen LogP contribution in [0.15, 0.2) is 24.5 Å². The minimum absolute atomic E-state index is 0.571. The van der Waals surface area contributed by atoms with Gasteiger partial charge in [-0.15, -0.1) is 0 Å². The van der Waals surface area contributed by atoms with Crippen molar-refractivity contribution in [2.45, 2.75) is 26.7 Å². The van der Waals surface area contributed by atoms with Gasteiger partial charge in [0.25, 0.3) is 0 Å². The maximum Gasteiger partial charge on any atom is 0.137 e. The SMILES string of the molecule is Cc1cnc2cc(C(C)C)ccn12. The molecule has 68 valence electrons. The van der Waals surface area contributed by atoms with E-state index in [0.29, 0.717) is 5.92 Å². The maximum atomic E-state index is 4.32. The van der Waals surface area contributed by atoms with E-state index in [1.165, 1.54) is 11.3 Å². The molecule has 0 aliphatic carbocycles. The van der Waals surface area contributed by atoms with E-state index in [1.807, 2.05) is 6.20 Å². The van der Waals surface area contributed by atoms with Gasteiger partial charge >= 0.3 is 0 Å². The lowest BCUT2D eigenvalue weighted by atomic mass is 10.1. The summed E-state index contributed by atoms with van der Waals surface area (Å²) in [5.41, 5.74) is 3.58. The lowest BCUT2D eigenvalue weighted by molar-refractivity contribution is 0.862. The van der Waals surface area contributed by atoms with E-state index >= 15 is 0 Å². The molecule has 0 fully saturated rings. The number of hydrogen-bond donors (Lipinski definition) is 0. The number of fused-ring (bicyclic) bond motifs is 1. The van der Waals surface area contributed by atoms with Crippen molar-refractivity contribution in [2.75, 3.05) is 0 Å². The first-order valence-corrected chi connectivity index (χ1v) is 4.62. The minimum atomic E-state index is 0.571.